The molecule has 0 aromatic heterocycles. The molecule has 2 amide bonds. The Morgan fingerprint density at radius 1 is 1.08 bits per heavy atom. The zero-order valence-corrected chi connectivity index (χ0v) is 15.4. The normalized spacial score (nSPS) is 12.0. The molecule has 26 heavy (non-hydrogen) atoms. The number of hydrogen-bond donors (Lipinski definition) is 1. The largest absolute Gasteiger partial charge is 0.454 e. The second-order valence-corrected chi connectivity index (χ2v) is 6.45. The van der Waals surface area contributed by atoms with E-state index in [9.17, 15) is 9.59 Å². The number of benzene rings is 2. The maximum atomic E-state index is 12.2. The average molecular weight is 395 g/mol. The van der Waals surface area contributed by atoms with Gasteiger partial charge in [0.25, 0.3) is 0 Å². The lowest BCUT2D eigenvalue weighted by Crippen LogP contribution is -2.31. The number of hydrogen-bond acceptors (Lipinski definition) is 4. The molecule has 2 aromatic rings. The Morgan fingerprint density at radius 3 is 2.58 bits per heavy atom. The maximum Gasteiger partial charge on any atom is 0.231 e. The van der Waals surface area contributed by atoms with E-state index in [0.717, 1.165) is 0 Å². The summed E-state index contributed by atoms with van der Waals surface area (Å²) in [4.78, 5) is 25.6. The molecular weight excluding hydrogens is 379 g/mol. The molecule has 1 aliphatic rings. The van der Waals surface area contributed by atoms with Crippen LogP contribution in [0.3, 0.4) is 0 Å². The van der Waals surface area contributed by atoms with Gasteiger partial charge in [-0.15, -0.1) is 0 Å². The van der Waals surface area contributed by atoms with Crippen LogP contribution in [0.4, 0.5) is 11.4 Å². The van der Waals surface area contributed by atoms with Crippen molar-refractivity contribution in [2.45, 2.75) is 13.3 Å². The fourth-order valence-corrected chi connectivity index (χ4v) is 2.82. The van der Waals surface area contributed by atoms with E-state index in [1.165, 1.54) is 11.8 Å². The lowest BCUT2D eigenvalue weighted by molar-refractivity contribution is -0.117. The van der Waals surface area contributed by atoms with E-state index in [2.05, 4.69) is 5.32 Å². The van der Waals surface area contributed by atoms with Crippen LogP contribution in [0.15, 0.2) is 36.4 Å². The van der Waals surface area contributed by atoms with E-state index in [-0.39, 0.29) is 31.6 Å². The van der Waals surface area contributed by atoms with Crippen molar-refractivity contribution < 1.29 is 19.1 Å². The first-order valence-corrected chi connectivity index (χ1v) is 8.62. The Balaban J connectivity index is 1.62. The van der Waals surface area contributed by atoms with Crippen molar-refractivity contribution in [2.24, 2.45) is 0 Å². The Kier molecular flexibility index (Phi) is 5.54. The Hall–Kier alpha value is -2.44. The predicted octanol–water partition coefficient (Wildman–Crippen LogP) is 4.10. The summed E-state index contributed by atoms with van der Waals surface area (Å²) >= 11 is 11.9. The number of nitrogens with one attached hydrogen (secondary N) is 1. The van der Waals surface area contributed by atoms with Crippen molar-refractivity contribution in [3.63, 3.8) is 0 Å². The standard InChI is InChI=1S/C18H16Cl2N2O4/c1-11(23)22(13-3-4-14(19)15(20)9-13)7-6-18(24)21-12-2-5-16-17(8-12)26-10-25-16/h2-5,8-9H,6-7,10H2,1H3,(H,21,24). The first kappa shape index (κ1) is 18.4. The predicted molar refractivity (Wildman–Crippen MR) is 100 cm³/mol. The lowest BCUT2D eigenvalue weighted by Gasteiger charge is -2.21. The number of amides is 2. The summed E-state index contributed by atoms with van der Waals surface area (Å²) < 4.78 is 10.5. The fourth-order valence-electron chi connectivity index (χ4n) is 2.53. The minimum absolute atomic E-state index is 0.119. The Bertz CT molecular complexity index is 857. The number of ether oxygens (including phenoxy) is 2. The van der Waals surface area contributed by atoms with Gasteiger partial charge in [-0.2, -0.15) is 0 Å². The summed E-state index contributed by atoms with van der Waals surface area (Å²) in [6.45, 7) is 1.81. The van der Waals surface area contributed by atoms with Gasteiger partial charge in [0.1, 0.15) is 0 Å². The third kappa shape index (κ3) is 4.20. The number of halogens is 2. The van der Waals surface area contributed by atoms with Gasteiger partial charge in [0, 0.05) is 37.3 Å². The summed E-state index contributed by atoms with van der Waals surface area (Å²) in [6, 6.07) is 10.1. The molecule has 1 aliphatic heterocycles. The van der Waals surface area contributed by atoms with Crippen LogP contribution in [0, 0.1) is 0 Å². The van der Waals surface area contributed by atoms with Crippen molar-refractivity contribution in [3.8, 4) is 11.5 Å². The highest BCUT2D eigenvalue weighted by molar-refractivity contribution is 6.42. The Labute approximate surface area is 160 Å². The van der Waals surface area contributed by atoms with Crippen molar-refractivity contribution in [1.82, 2.24) is 0 Å². The minimum Gasteiger partial charge on any atom is -0.454 e. The monoisotopic (exact) mass is 394 g/mol. The van der Waals surface area contributed by atoms with Gasteiger partial charge in [-0.1, -0.05) is 23.2 Å². The van der Waals surface area contributed by atoms with E-state index in [1.54, 1.807) is 36.4 Å². The molecule has 6 nitrogen and oxygen atoms in total. The summed E-state index contributed by atoms with van der Waals surface area (Å²) in [7, 11) is 0. The van der Waals surface area contributed by atoms with Crippen LogP contribution in [0.5, 0.6) is 11.5 Å². The molecule has 0 radical (unpaired) electrons. The van der Waals surface area contributed by atoms with E-state index < -0.39 is 0 Å². The molecule has 0 spiro atoms. The van der Waals surface area contributed by atoms with Crippen LogP contribution in [0.1, 0.15) is 13.3 Å². The van der Waals surface area contributed by atoms with Gasteiger partial charge >= 0.3 is 0 Å². The van der Waals surface area contributed by atoms with Crippen molar-refractivity contribution >= 4 is 46.4 Å². The second-order valence-electron chi connectivity index (χ2n) is 5.64. The number of carbonyl (C=O) groups is 2. The van der Waals surface area contributed by atoms with Crippen LogP contribution in [-0.2, 0) is 9.59 Å². The maximum absolute atomic E-state index is 12.2. The smallest absolute Gasteiger partial charge is 0.231 e. The van der Waals surface area contributed by atoms with Crippen molar-refractivity contribution in [3.05, 3.63) is 46.4 Å². The van der Waals surface area contributed by atoms with Gasteiger partial charge in [-0.25, -0.2) is 0 Å². The molecule has 3 rings (SSSR count). The van der Waals surface area contributed by atoms with Crippen LogP contribution < -0.4 is 19.7 Å². The number of carbonyl (C=O) groups excluding carboxylic acids is 2. The molecular formula is C18H16Cl2N2O4. The minimum atomic E-state index is -0.227. The molecule has 0 bridgehead atoms. The summed E-state index contributed by atoms with van der Waals surface area (Å²) in [5, 5.41) is 3.53. The van der Waals surface area contributed by atoms with Crippen LogP contribution in [0.25, 0.3) is 0 Å². The van der Waals surface area contributed by atoms with Gasteiger partial charge in [-0.05, 0) is 30.3 Å². The van der Waals surface area contributed by atoms with Gasteiger partial charge in [-0.3, -0.25) is 9.59 Å². The van der Waals surface area contributed by atoms with Crippen molar-refractivity contribution in [1.29, 1.82) is 0 Å². The summed E-state index contributed by atoms with van der Waals surface area (Å²) in [5.74, 6) is 0.809. The van der Waals surface area contributed by atoms with Crippen LogP contribution in [0.2, 0.25) is 10.0 Å². The number of anilines is 2. The molecule has 0 saturated heterocycles. The second kappa shape index (κ2) is 7.85. The molecule has 2 aromatic carbocycles. The molecule has 0 aliphatic carbocycles. The highest BCUT2D eigenvalue weighted by Gasteiger charge is 2.17. The highest BCUT2D eigenvalue weighted by atomic mass is 35.5. The first-order chi connectivity index (χ1) is 12.4. The third-order valence-corrected chi connectivity index (χ3v) is 4.55. The molecule has 1 heterocycles. The topological polar surface area (TPSA) is 67.9 Å². The summed E-state index contributed by atoms with van der Waals surface area (Å²) in [5.41, 5.74) is 1.19. The molecule has 1 N–H and O–H groups in total. The molecule has 0 saturated carbocycles. The van der Waals surface area contributed by atoms with Gasteiger partial charge in [0.15, 0.2) is 11.5 Å². The van der Waals surface area contributed by atoms with E-state index in [4.69, 9.17) is 32.7 Å². The molecule has 0 fully saturated rings. The zero-order valence-electron chi connectivity index (χ0n) is 13.9. The fraction of sp³-hybridized carbons (Fsp3) is 0.222. The molecule has 136 valence electrons. The Morgan fingerprint density at radius 2 is 1.85 bits per heavy atom. The zero-order chi connectivity index (χ0) is 18.7. The number of rotatable bonds is 5. The SMILES string of the molecule is CC(=O)N(CCC(=O)Nc1ccc2c(c1)OCO2)c1ccc(Cl)c(Cl)c1. The van der Waals surface area contributed by atoms with Gasteiger partial charge < -0.3 is 19.7 Å². The molecule has 0 unspecified atom stereocenters. The third-order valence-electron chi connectivity index (χ3n) is 3.81. The van der Waals surface area contributed by atoms with E-state index in [0.29, 0.717) is 32.9 Å². The van der Waals surface area contributed by atoms with Crippen LogP contribution in [-0.4, -0.2) is 25.2 Å². The highest BCUT2D eigenvalue weighted by Crippen LogP contribution is 2.34. The quantitative estimate of drug-likeness (QED) is 0.828. The molecule has 0 atom stereocenters. The van der Waals surface area contributed by atoms with Gasteiger partial charge in [0.05, 0.1) is 10.0 Å². The number of fused-ring (bicyclic) bond motifs is 1. The van der Waals surface area contributed by atoms with E-state index >= 15 is 0 Å². The first-order valence-electron chi connectivity index (χ1n) is 7.86. The lowest BCUT2D eigenvalue weighted by atomic mass is 10.2. The average Bonchev–Trinajstić information content (AvgIpc) is 3.05. The number of nitrogens with zero attached hydrogens (tertiary/aromatic N) is 1. The summed E-state index contributed by atoms with van der Waals surface area (Å²) in [6.07, 6.45) is 0.119. The van der Waals surface area contributed by atoms with Crippen molar-refractivity contribution in [2.75, 3.05) is 23.6 Å². The van der Waals surface area contributed by atoms with Gasteiger partial charge in [0.2, 0.25) is 18.6 Å². The van der Waals surface area contributed by atoms with E-state index in [1.807, 2.05) is 0 Å². The molecule has 8 heteroatoms. The van der Waals surface area contributed by atoms with Crippen LogP contribution >= 0.6 is 23.2 Å².